The summed E-state index contributed by atoms with van der Waals surface area (Å²) in [6.45, 7) is 0. The van der Waals surface area contributed by atoms with Crippen molar-refractivity contribution in [3.05, 3.63) is 58.4 Å². The molecule has 2 nitrogen and oxygen atoms in total. The van der Waals surface area contributed by atoms with Gasteiger partial charge in [0.05, 0.1) is 5.69 Å². The van der Waals surface area contributed by atoms with Crippen molar-refractivity contribution in [1.29, 1.82) is 0 Å². The number of nitrogens with one attached hydrogen (secondary N) is 1. The summed E-state index contributed by atoms with van der Waals surface area (Å²) in [4.78, 5) is 14.7. The molecule has 1 N–H and O–H groups in total. The molecule has 0 radical (unpaired) electrons. The number of aldehydes is 1. The molecule has 1 aromatic carbocycles. The summed E-state index contributed by atoms with van der Waals surface area (Å²) in [5, 5.41) is 0. The van der Waals surface area contributed by atoms with Crippen molar-refractivity contribution >= 4 is 30.3 Å². The van der Waals surface area contributed by atoms with Crippen LogP contribution in [0.15, 0.2) is 47.4 Å². The van der Waals surface area contributed by atoms with Crippen LogP contribution >= 0.6 is 24.0 Å². The molecule has 0 atom stereocenters. The van der Waals surface area contributed by atoms with E-state index in [0.717, 1.165) is 16.9 Å². The Morgan fingerprint density at radius 2 is 1.94 bits per heavy atom. The molecule has 1 aromatic heterocycles. The fourth-order valence-electron chi connectivity index (χ4n) is 1.43. The van der Waals surface area contributed by atoms with Gasteiger partial charge in [0.15, 0.2) is 6.29 Å². The molecule has 17 heavy (non-hydrogen) atoms. The SMILES string of the molecule is O=Cc1[nH]c(=S)ccc1SCc1ccccc1. The number of H-pyrrole nitrogens is 1. The maximum absolute atomic E-state index is 10.9. The number of rotatable bonds is 4. The molecule has 0 aliphatic carbocycles. The molecular formula is C13H11NOS2. The fourth-order valence-corrected chi connectivity index (χ4v) is 2.54. The van der Waals surface area contributed by atoms with Crippen LogP contribution in [-0.4, -0.2) is 11.3 Å². The van der Waals surface area contributed by atoms with Crippen LogP contribution in [0.3, 0.4) is 0 Å². The summed E-state index contributed by atoms with van der Waals surface area (Å²) in [7, 11) is 0. The van der Waals surface area contributed by atoms with E-state index in [4.69, 9.17) is 12.2 Å². The van der Waals surface area contributed by atoms with Gasteiger partial charge in [-0.3, -0.25) is 4.79 Å². The highest BCUT2D eigenvalue weighted by Crippen LogP contribution is 2.24. The lowest BCUT2D eigenvalue weighted by atomic mass is 10.2. The Morgan fingerprint density at radius 3 is 2.65 bits per heavy atom. The fraction of sp³-hybridized carbons (Fsp3) is 0.0769. The smallest absolute Gasteiger partial charge is 0.167 e. The summed E-state index contributed by atoms with van der Waals surface area (Å²) < 4.78 is 0.580. The van der Waals surface area contributed by atoms with Gasteiger partial charge in [-0.2, -0.15) is 0 Å². The molecule has 0 aliphatic rings. The summed E-state index contributed by atoms with van der Waals surface area (Å²) in [6, 6.07) is 13.8. The van der Waals surface area contributed by atoms with Crippen LogP contribution in [0, 0.1) is 4.64 Å². The summed E-state index contributed by atoms with van der Waals surface area (Å²) in [5.74, 6) is 0.840. The molecular weight excluding hydrogens is 250 g/mol. The lowest BCUT2D eigenvalue weighted by Crippen LogP contribution is -1.91. The molecule has 0 unspecified atom stereocenters. The number of pyridine rings is 1. The van der Waals surface area contributed by atoms with Gasteiger partial charge in [-0.1, -0.05) is 42.5 Å². The number of carbonyl (C=O) groups is 1. The van der Waals surface area contributed by atoms with E-state index in [-0.39, 0.29) is 0 Å². The van der Waals surface area contributed by atoms with Crippen molar-refractivity contribution in [1.82, 2.24) is 4.98 Å². The van der Waals surface area contributed by atoms with Gasteiger partial charge in [0.2, 0.25) is 0 Å². The van der Waals surface area contributed by atoms with Crippen LogP contribution < -0.4 is 0 Å². The van der Waals surface area contributed by atoms with E-state index >= 15 is 0 Å². The molecule has 0 saturated carbocycles. The van der Waals surface area contributed by atoms with E-state index in [2.05, 4.69) is 17.1 Å². The zero-order chi connectivity index (χ0) is 12.1. The van der Waals surface area contributed by atoms with E-state index in [1.54, 1.807) is 17.8 Å². The van der Waals surface area contributed by atoms with Crippen LogP contribution in [0.5, 0.6) is 0 Å². The van der Waals surface area contributed by atoms with Crippen LogP contribution in [0.1, 0.15) is 16.1 Å². The molecule has 0 aliphatic heterocycles. The minimum Gasteiger partial charge on any atom is -0.343 e. The molecule has 2 aromatic rings. The standard InChI is InChI=1S/C13H11NOS2/c15-8-11-12(6-7-13(16)14-11)17-9-10-4-2-1-3-5-10/h1-8H,9H2,(H,14,16). The number of hydrogen-bond acceptors (Lipinski definition) is 3. The quantitative estimate of drug-likeness (QED) is 0.515. The predicted molar refractivity (Wildman–Crippen MR) is 73.0 cm³/mol. The van der Waals surface area contributed by atoms with Crippen LogP contribution in [-0.2, 0) is 5.75 Å². The van der Waals surface area contributed by atoms with Crippen LogP contribution in [0.25, 0.3) is 0 Å². The average molecular weight is 261 g/mol. The molecule has 0 saturated heterocycles. The van der Waals surface area contributed by atoms with Gasteiger partial charge < -0.3 is 4.98 Å². The second kappa shape index (κ2) is 5.80. The van der Waals surface area contributed by atoms with Gasteiger partial charge in [-0.05, 0) is 17.7 Å². The van der Waals surface area contributed by atoms with Crippen LogP contribution in [0.2, 0.25) is 0 Å². The highest BCUT2D eigenvalue weighted by Gasteiger charge is 2.02. The molecule has 86 valence electrons. The summed E-state index contributed by atoms with van der Waals surface area (Å²) in [5.41, 5.74) is 1.79. The molecule has 4 heteroatoms. The Hall–Kier alpha value is -1.39. The van der Waals surface area contributed by atoms with E-state index in [1.807, 2.05) is 24.3 Å². The predicted octanol–water partition coefficient (Wildman–Crippen LogP) is 3.85. The normalized spacial score (nSPS) is 10.1. The highest BCUT2D eigenvalue weighted by molar-refractivity contribution is 7.98. The Labute approximate surface area is 109 Å². The minimum atomic E-state index is 0.554. The molecule has 0 bridgehead atoms. The Bertz CT molecular complexity index is 563. The molecule has 0 amide bonds. The van der Waals surface area contributed by atoms with E-state index in [1.165, 1.54) is 5.56 Å². The zero-order valence-electron chi connectivity index (χ0n) is 9.05. The second-order valence-electron chi connectivity index (χ2n) is 3.49. The van der Waals surface area contributed by atoms with Crippen LogP contribution in [0.4, 0.5) is 0 Å². The third kappa shape index (κ3) is 3.28. The monoisotopic (exact) mass is 261 g/mol. The number of thioether (sulfide) groups is 1. The first-order chi connectivity index (χ1) is 8.29. The first kappa shape index (κ1) is 12.1. The van der Waals surface area contributed by atoms with E-state index < -0.39 is 0 Å². The number of aromatic amines is 1. The second-order valence-corrected chi connectivity index (χ2v) is 4.95. The number of aromatic nitrogens is 1. The van der Waals surface area contributed by atoms with Crippen molar-refractivity contribution in [3.8, 4) is 0 Å². The van der Waals surface area contributed by atoms with Crippen molar-refractivity contribution in [2.24, 2.45) is 0 Å². The Balaban J connectivity index is 2.14. The van der Waals surface area contributed by atoms with Gasteiger partial charge in [-0.25, -0.2) is 0 Å². The van der Waals surface area contributed by atoms with Gasteiger partial charge in [0, 0.05) is 10.6 Å². The first-order valence-corrected chi connectivity index (χ1v) is 6.54. The average Bonchev–Trinajstić information content (AvgIpc) is 2.38. The van der Waals surface area contributed by atoms with Gasteiger partial charge in [0.1, 0.15) is 4.64 Å². The zero-order valence-corrected chi connectivity index (χ0v) is 10.7. The third-order valence-corrected chi connectivity index (χ3v) is 3.65. The Morgan fingerprint density at radius 1 is 1.18 bits per heavy atom. The maximum atomic E-state index is 10.9. The topological polar surface area (TPSA) is 32.9 Å². The third-order valence-electron chi connectivity index (χ3n) is 2.26. The van der Waals surface area contributed by atoms with E-state index in [9.17, 15) is 4.79 Å². The molecule has 2 rings (SSSR count). The molecule has 0 fully saturated rings. The summed E-state index contributed by atoms with van der Waals surface area (Å²) >= 11 is 6.60. The number of benzene rings is 1. The number of hydrogen-bond donors (Lipinski definition) is 1. The van der Waals surface area contributed by atoms with Crippen molar-refractivity contribution in [3.63, 3.8) is 0 Å². The van der Waals surface area contributed by atoms with Gasteiger partial charge in [-0.15, -0.1) is 11.8 Å². The molecule has 0 spiro atoms. The minimum absolute atomic E-state index is 0.554. The lowest BCUT2D eigenvalue weighted by Gasteiger charge is -2.04. The number of carbonyl (C=O) groups excluding carboxylic acids is 1. The Kier molecular flexibility index (Phi) is 4.12. The van der Waals surface area contributed by atoms with E-state index in [0.29, 0.717) is 10.3 Å². The van der Waals surface area contributed by atoms with Crippen molar-refractivity contribution < 1.29 is 4.79 Å². The summed E-state index contributed by atoms with van der Waals surface area (Å²) in [6.07, 6.45) is 0.809. The van der Waals surface area contributed by atoms with Crippen molar-refractivity contribution in [2.45, 2.75) is 10.6 Å². The highest BCUT2D eigenvalue weighted by atomic mass is 32.2. The largest absolute Gasteiger partial charge is 0.343 e. The van der Waals surface area contributed by atoms with Gasteiger partial charge >= 0.3 is 0 Å². The lowest BCUT2D eigenvalue weighted by molar-refractivity contribution is 0.111. The van der Waals surface area contributed by atoms with Crippen molar-refractivity contribution in [2.75, 3.05) is 0 Å². The maximum Gasteiger partial charge on any atom is 0.167 e. The van der Waals surface area contributed by atoms with Gasteiger partial charge in [0.25, 0.3) is 0 Å². The molecule has 1 heterocycles. The first-order valence-electron chi connectivity index (χ1n) is 5.15.